The van der Waals surface area contributed by atoms with Gasteiger partial charge >= 0.3 is 0 Å². The van der Waals surface area contributed by atoms with E-state index >= 15 is 0 Å². The molecule has 1 saturated carbocycles. The van der Waals surface area contributed by atoms with Crippen molar-refractivity contribution < 1.29 is 0 Å². The zero-order valence-corrected chi connectivity index (χ0v) is 10.0. The Morgan fingerprint density at radius 1 is 1.29 bits per heavy atom. The first-order chi connectivity index (χ1) is 8.15. The Morgan fingerprint density at radius 2 is 2.06 bits per heavy atom. The molecular formula is C12H15N5. The molecule has 1 fully saturated rings. The fraction of sp³-hybridized carbons (Fsp3) is 0.417. The molecule has 0 unspecified atom stereocenters. The van der Waals surface area contributed by atoms with Crippen LogP contribution in [0.2, 0.25) is 0 Å². The molecule has 3 rings (SSSR count). The van der Waals surface area contributed by atoms with E-state index in [4.69, 9.17) is 5.73 Å². The van der Waals surface area contributed by atoms with E-state index in [1.807, 2.05) is 20.0 Å². The molecule has 0 radical (unpaired) electrons. The Morgan fingerprint density at radius 3 is 2.76 bits per heavy atom. The Bertz CT molecular complexity index is 568. The van der Waals surface area contributed by atoms with E-state index in [0.717, 1.165) is 17.1 Å². The Hall–Kier alpha value is -1.91. The highest BCUT2D eigenvalue weighted by Gasteiger charge is 2.26. The number of aryl methyl sites for hydroxylation is 1. The minimum atomic E-state index is 0.524. The van der Waals surface area contributed by atoms with Crippen LogP contribution >= 0.6 is 0 Å². The maximum atomic E-state index is 5.85. The van der Waals surface area contributed by atoms with Crippen molar-refractivity contribution in [2.45, 2.75) is 32.6 Å². The summed E-state index contributed by atoms with van der Waals surface area (Å²) in [7, 11) is 0. The summed E-state index contributed by atoms with van der Waals surface area (Å²) in [6.45, 7) is 3.76. The van der Waals surface area contributed by atoms with Gasteiger partial charge in [0.2, 0.25) is 0 Å². The lowest BCUT2D eigenvalue weighted by atomic mass is 10.3. The molecule has 0 saturated heterocycles. The van der Waals surface area contributed by atoms with E-state index in [0.29, 0.717) is 17.6 Å². The molecule has 1 aliphatic rings. The first-order valence-corrected chi connectivity index (χ1v) is 5.82. The second-order valence-corrected chi connectivity index (χ2v) is 4.56. The number of aromatic nitrogens is 4. The zero-order chi connectivity index (χ0) is 12.0. The molecule has 5 nitrogen and oxygen atoms in total. The molecular weight excluding hydrogens is 214 g/mol. The molecule has 2 heterocycles. The average Bonchev–Trinajstić information content (AvgIpc) is 3.02. The third-order valence-electron chi connectivity index (χ3n) is 3.09. The van der Waals surface area contributed by atoms with Crippen molar-refractivity contribution in [1.29, 1.82) is 0 Å². The van der Waals surface area contributed by atoms with Gasteiger partial charge in [0, 0.05) is 17.7 Å². The maximum absolute atomic E-state index is 5.85. The van der Waals surface area contributed by atoms with Gasteiger partial charge in [0.15, 0.2) is 5.82 Å². The molecule has 88 valence electrons. The third-order valence-corrected chi connectivity index (χ3v) is 3.09. The lowest BCUT2D eigenvalue weighted by molar-refractivity contribution is 0.793. The molecule has 5 heteroatoms. The van der Waals surface area contributed by atoms with Crippen molar-refractivity contribution in [3.8, 4) is 5.82 Å². The monoisotopic (exact) mass is 229 g/mol. The third kappa shape index (κ3) is 1.77. The van der Waals surface area contributed by atoms with Gasteiger partial charge in [0.25, 0.3) is 0 Å². The molecule has 0 bridgehead atoms. The predicted molar refractivity (Wildman–Crippen MR) is 65.0 cm³/mol. The molecule has 0 spiro atoms. The fourth-order valence-electron chi connectivity index (χ4n) is 1.91. The normalized spacial score (nSPS) is 15.2. The molecule has 0 aromatic carbocycles. The van der Waals surface area contributed by atoms with Crippen LogP contribution in [0, 0.1) is 13.8 Å². The van der Waals surface area contributed by atoms with Gasteiger partial charge in [-0.25, -0.2) is 14.6 Å². The number of hydrogen-bond donors (Lipinski definition) is 1. The summed E-state index contributed by atoms with van der Waals surface area (Å²) < 4.78 is 1.80. The van der Waals surface area contributed by atoms with Gasteiger partial charge in [0.1, 0.15) is 11.6 Å². The number of nitrogen functional groups attached to an aromatic ring is 1. The van der Waals surface area contributed by atoms with Crippen LogP contribution in [0.25, 0.3) is 5.82 Å². The number of nitrogens with two attached hydrogens (primary N) is 1. The summed E-state index contributed by atoms with van der Waals surface area (Å²) >= 11 is 0. The molecule has 0 aliphatic heterocycles. The van der Waals surface area contributed by atoms with Crippen LogP contribution < -0.4 is 5.73 Å². The quantitative estimate of drug-likeness (QED) is 0.851. The number of hydrogen-bond acceptors (Lipinski definition) is 4. The summed E-state index contributed by atoms with van der Waals surface area (Å²) in [5.74, 6) is 2.63. The molecule has 2 aromatic rings. The second-order valence-electron chi connectivity index (χ2n) is 4.56. The van der Waals surface area contributed by atoms with Crippen molar-refractivity contribution in [2.75, 3.05) is 5.73 Å². The number of rotatable bonds is 2. The minimum absolute atomic E-state index is 0.524. The van der Waals surface area contributed by atoms with Crippen LogP contribution in [-0.4, -0.2) is 19.7 Å². The number of nitrogens with zero attached hydrogens (tertiary/aromatic N) is 4. The van der Waals surface area contributed by atoms with E-state index in [2.05, 4.69) is 21.1 Å². The first-order valence-electron chi connectivity index (χ1n) is 5.82. The Labute approximate surface area is 99.7 Å². The van der Waals surface area contributed by atoms with Crippen LogP contribution in [0.4, 0.5) is 5.82 Å². The average molecular weight is 229 g/mol. The van der Waals surface area contributed by atoms with Crippen LogP contribution in [-0.2, 0) is 0 Å². The van der Waals surface area contributed by atoms with Gasteiger partial charge in [-0.05, 0) is 32.8 Å². The minimum Gasteiger partial charge on any atom is -0.383 e. The van der Waals surface area contributed by atoms with E-state index < -0.39 is 0 Å². The summed E-state index contributed by atoms with van der Waals surface area (Å²) in [5.41, 5.74) is 7.87. The fourth-order valence-corrected chi connectivity index (χ4v) is 1.91. The Balaban J connectivity index is 2.07. The van der Waals surface area contributed by atoms with Gasteiger partial charge in [-0.1, -0.05) is 0 Å². The summed E-state index contributed by atoms with van der Waals surface area (Å²) in [6.07, 6.45) is 4.45. The first kappa shape index (κ1) is 10.3. The van der Waals surface area contributed by atoms with E-state index in [1.165, 1.54) is 12.8 Å². The molecule has 2 aromatic heterocycles. The van der Waals surface area contributed by atoms with E-state index in [1.54, 1.807) is 4.68 Å². The van der Waals surface area contributed by atoms with E-state index in [9.17, 15) is 0 Å². The van der Waals surface area contributed by atoms with Crippen LogP contribution in [0.15, 0.2) is 12.3 Å². The highest BCUT2D eigenvalue weighted by molar-refractivity contribution is 5.47. The predicted octanol–water partition coefficient (Wildman–Crippen LogP) is 1.74. The lowest BCUT2D eigenvalue weighted by Crippen LogP contribution is -2.08. The van der Waals surface area contributed by atoms with Gasteiger partial charge in [-0.3, -0.25) is 0 Å². The molecule has 0 atom stereocenters. The molecule has 1 aliphatic carbocycles. The Kier molecular flexibility index (Phi) is 2.14. The van der Waals surface area contributed by atoms with Gasteiger partial charge in [0.05, 0.1) is 5.69 Å². The molecule has 2 N–H and O–H groups in total. The van der Waals surface area contributed by atoms with Crippen molar-refractivity contribution in [3.63, 3.8) is 0 Å². The summed E-state index contributed by atoms with van der Waals surface area (Å²) in [5, 5.41) is 4.56. The zero-order valence-electron chi connectivity index (χ0n) is 10.0. The van der Waals surface area contributed by atoms with Gasteiger partial charge < -0.3 is 5.73 Å². The van der Waals surface area contributed by atoms with Crippen molar-refractivity contribution in [2.24, 2.45) is 0 Å². The van der Waals surface area contributed by atoms with Gasteiger partial charge in [-0.15, -0.1) is 0 Å². The highest BCUT2D eigenvalue weighted by atomic mass is 15.3. The smallest absolute Gasteiger partial charge is 0.162 e. The number of anilines is 1. The van der Waals surface area contributed by atoms with Crippen LogP contribution in [0.1, 0.15) is 35.8 Å². The topological polar surface area (TPSA) is 69.6 Å². The van der Waals surface area contributed by atoms with Crippen LogP contribution in [0.5, 0.6) is 0 Å². The highest BCUT2D eigenvalue weighted by Crippen LogP contribution is 2.39. The molecule has 0 amide bonds. The second kappa shape index (κ2) is 3.55. The SMILES string of the molecule is Cc1nc(N)c(C)c(-n2ccc(C3CC3)n2)n1. The van der Waals surface area contributed by atoms with Crippen LogP contribution in [0.3, 0.4) is 0 Å². The summed E-state index contributed by atoms with van der Waals surface area (Å²) in [6, 6.07) is 2.06. The summed E-state index contributed by atoms with van der Waals surface area (Å²) in [4.78, 5) is 8.55. The standard InChI is InChI=1S/C12H15N5/c1-7-11(13)14-8(2)15-12(7)17-6-5-10(16-17)9-3-4-9/h5-6,9H,3-4H2,1-2H3,(H2,13,14,15). The van der Waals surface area contributed by atoms with Gasteiger partial charge in [-0.2, -0.15) is 5.10 Å². The lowest BCUT2D eigenvalue weighted by Gasteiger charge is -2.07. The largest absolute Gasteiger partial charge is 0.383 e. The van der Waals surface area contributed by atoms with E-state index in [-0.39, 0.29) is 0 Å². The van der Waals surface area contributed by atoms with Crippen molar-refractivity contribution in [1.82, 2.24) is 19.7 Å². The van der Waals surface area contributed by atoms with Crippen molar-refractivity contribution in [3.05, 3.63) is 29.3 Å². The molecule has 17 heavy (non-hydrogen) atoms. The van der Waals surface area contributed by atoms with Crippen molar-refractivity contribution >= 4 is 5.82 Å². The maximum Gasteiger partial charge on any atom is 0.162 e.